The fourth-order valence-corrected chi connectivity index (χ4v) is 4.47. The second-order valence-corrected chi connectivity index (χ2v) is 9.95. The van der Waals surface area contributed by atoms with E-state index < -0.39 is 10.8 Å². The number of guanidine groups is 1. The van der Waals surface area contributed by atoms with Gasteiger partial charge in [-0.3, -0.25) is 9.20 Å². The lowest BCUT2D eigenvalue weighted by atomic mass is 9.51. The summed E-state index contributed by atoms with van der Waals surface area (Å²) in [4.78, 5) is 4.32. The molecule has 134 valence electrons. The van der Waals surface area contributed by atoms with Crippen LogP contribution in [-0.2, 0) is 15.5 Å². The molecule has 0 aromatic heterocycles. The van der Waals surface area contributed by atoms with Crippen LogP contribution in [0, 0.1) is 5.41 Å². The zero-order valence-corrected chi connectivity index (χ0v) is 16.1. The van der Waals surface area contributed by atoms with Gasteiger partial charge in [0.1, 0.15) is 0 Å². The second-order valence-electron chi connectivity index (χ2n) is 7.62. The number of rotatable bonds is 6. The minimum absolute atomic E-state index is 0.159. The quantitative estimate of drug-likeness (QED) is 0.572. The van der Waals surface area contributed by atoms with Crippen LogP contribution in [0.3, 0.4) is 0 Å². The Hall–Kier alpha value is -0.620. The third kappa shape index (κ3) is 4.08. The van der Waals surface area contributed by atoms with E-state index in [4.69, 9.17) is 4.74 Å². The minimum Gasteiger partial charge on any atom is -0.378 e. The highest BCUT2D eigenvalue weighted by Gasteiger charge is 2.59. The average molecular weight is 344 g/mol. The molecule has 0 bridgehead atoms. The first kappa shape index (κ1) is 18.7. The Bertz CT molecular complexity index is 455. The molecule has 2 aliphatic carbocycles. The molecule has 2 saturated carbocycles. The molecule has 0 amide bonds. The summed E-state index contributed by atoms with van der Waals surface area (Å²) in [5, 5.41) is 6.87. The first-order chi connectivity index (χ1) is 10.8. The normalized spacial score (nSPS) is 28.0. The summed E-state index contributed by atoms with van der Waals surface area (Å²) in [5.41, 5.74) is 0.321. The molecule has 1 spiro atoms. The lowest BCUT2D eigenvalue weighted by molar-refractivity contribution is -0.168. The van der Waals surface area contributed by atoms with Gasteiger partial charge in [0.15, 0.2) is 5.96 Å². The molecule has 2 aliphatic rings. The molecule has 2 rings (SSSR count). The van der Waals surface area contributed by atoms with Crippen molar-refractivity contribution in [1.82, 2.24) is 10.6 Å². The first-order valence-corrected chi connectivity index (χ1v) is 10.1. The van der Waals surface area contributed by atoms with Crippen molar-refractivity contribution in [1.29, 1.82) is 0 Å². The van der Waals surface area contributed by atoms with Crippen LogP contribution in [0.15, 0.2) is 4.99 Å². The second kappa shape index (κ2) is 7.51. The molecule has 2 fully saturated rings. The molecule has 3 unspecified atom stereocenters. The zero-order valence-electron chi connectivity index (χ0n) is 15.3. The number of nitrogens with zero attached hydrogens (tertiary/aromatic N) is 1. The van der Waals surface area contributed by atoms with Crippen LogP contribution < -0.4 is 10.6 Å². The molecule has 0 radical (unpaired) electrons. The van der Waals surface area contributed by atoms with Crippen molar-refractivity contribution in [2.45, 2.75) is 70.3 Å². The van der Waals surface area contributed by atoms with Crippen LogP contribution >= 0.6 is 0 Å². The van der Waals surface area contributed by atoms with E-state index in [-0.39, 0.29) is 4.75 Å². The van der Waals surface area contributed by atoms with Gasteiger partial charge in [0, 0.05) is 53.0 Å². The standard InChI is InChI=1S/C17H33N3O2S/c1-6-22-14-12-13(17(14)8-7-9-17)20-15(18-5)19-10-11-23(21)16(2,3)4/h13-14H,6-12H2,1-5H3,(H2,18,19,20). The lowest BCUT2D eigenvalue weighted by Crippen LogP contribution is -2.68. The van der Waals surface area contributed by atoms with Crippen molar-refractivity contribution in [2.24, 2.45) is 10.4 Å². The highest BCUT2D eigenvalue weighted by Crippen LogP contribution is 2.57. The highest BCUT2D eigenvalue weighted by molar-refractivity contribution is 7.86. The molecule has 0 aromatic rings. The zero-order chi connectivity index (χ0) is 17.1. The van der Waals surface area contributed by atoms with E-state index in [9.17, 15) is 4.21 Å². The van der Waals surface area contributed by atoms with Crippen LogP contribution in [0.25, 0.3) is 0 Å². The van der Waals surface area contributed by atoms with Crippen LogP contribution in [-0.4, -0.2) is 53.0 Å². The first-order valence-electron chi connectivity index (χ1n) is 8.80. The number of ether oxygens (including phenoxy) is 1. The highest BCUT2D eigenvalue weighted by atomic mass is 32.2. The summed E-state index contributed by atoms with van der Waals surface area (Å²) in [6.07, 6.45) is 5.27. The average Bonchev–Trinajstić information content (AvgIpc) is 2.41. The van der Waals surface area contributed by atoms with Gasteiger partial charge in [-0.05, 0) is 47.0 Å². The Morgan fingerprint density at radius 1 is 1.39 bits per heavy atom. The van der Waals surface area contributed by atoms with Gasteiger partial charge in [0.2, 0.25) is 0 Å². The number of hydrogen-bond acceptors (Lipinski definition) is 3. The van der Waals surface area contributed by atoms with Crippen LogP contribution in [0.4, 0.5) is 0 Å². The van der Waals surface area contributed by atoms with Gasteiger partial charge in [-0.25, -0.2) is 0 Å². The van der Waals surface area contributed by atoms with E-state index in [0.717, 1.165) is 19.0 Å². The van der Waals surface area contributed by atoms with E-state index >= 15 is 0 Å². The van der Waals surface area contributed by atoms with Crippen molar-refractivity contribution in [3.63, 3.8) is 0 Å². The summed E-state index contributed by atoms with van der Waals surface area (Å²) >= 11 is 0. The molecule has 0 aromatic carbocycles. The van der Waals surface area contributed by atoms with E-state index in [1.54, 1.807) is 7.05 Å². The van der Waals surface area contributed by atoms with Crippen molar-refractivity contribution < 1.29 is 8.95 Å². The SMILES string of the molecule is CCOC1CC(NC(=NC)NCCS(=O)C(C)(C)C)C12CCC2. The minimum atomic E-state index is -0.836. The van der Waals surface area contributed by atoms with Gasteiger partial charge in [-0.1, -0.05) is 6.42 Å². The van der Waals surface area contributed by atoms with Crippen LogP contribution in [0.1, 0.15) is 53.4 Å². The molecule has 0 saturated heterocycles. The maximum absolute atomic E-state index is 12.1. The molecular weight excluding hydrogens is 310 g/mol. The predicted octanol–water partition coefficient (Wildman–Crippen LogP) is 2.05. The molecule has 0 aliphatic heterocycles. The number of aliphatic imine (C=N–C) groups is 1. The number of nitrogens with one attached hydrogen (secondary N) is 2. The summed E-state index contributed by atoms with van der Waals surface area (Å²) in [6.45, 7) is 9.59. The Morgan fingerprint density at radius 3 is 2.57 bits per heavy atom. The predicted molar refractivity (Wildman–Crippen MR) is 97.4 cm³/mol. The van der Waals surface area contributed by atoms with Crippen molar-refractivity contribution in [2.75, 3.05) is 26.0 Å². The third-order valence-corrected chi connectivity index (χ3v) is 7.18. The maximum atomic E-state index is 12.1. The molecule has 6 heteroatoms. The Kier molecular flexibility index (Phi) is 6.11. The van der Waals surface area contributed by atoms with Gasteiger partial charge in [0.25, 0.3) is 0 Å². The topological polar surface area (TPSA) is 62.7 Å². The van der Waals surface area contributed by atoms with Crippen molar-refractivity contribution >= 4 is 16.8 Å². The van der Waals surface area contributed by atoms with Gasteiger partial charge in [0.05, 0.1) is 6.10 Å². The summed E-state index contributed by atoms with van der Waals surface area (Å²) < 4.78 is 17.8. The fraction of sp³-hybridized carbons (Fsp3) is 0.941. The molecule has 0 heterocycles. The van der Waals surface area contributed by atoms with E-state index in [1.165, 1.54) is 19.3 Å². The number of hydrogen-bond donors (Lipinski definition) is 2. The summed E-state index contributed by atoms with van der Waals surface area (Å²) in [7, 11) is 0.958. The Morgan fingerprint density at radius 2 is 2.09 bits per heavy atom. The summed E-state index contributed by atoms with van der Waals surface area (Å²) in [5.74, 6) is 1.46. The van der Waals surface area contributed by atoms with E-state index in [1.807, 2.05) is 20.8 Å². The third-order valence-electron chi connectivity index (χ3n) is 5.23. The van der Waals surface area contributed by atoms with E-state index in [2.05, 4.69) is 22.5 Å². The van der Waals surface area contributed by atoms with Gasteiger partial charge in [-0.15, -0.1) is 0 Å². The van der Waals surface area contributed by atoms with Gasteiger partial charge in [-0.2, -0.15) is 0 Å². The van der Waals surface area contributed by atoms with Gasteiger partial charge < -0.3 is 15.4 Å². The Balaban J connectivity index is 1.79. The van der Waals surface area contributed by atoms with Crippen LogP contribution in [0.2, 0.25) is 0 Å². The smallest absolute Gasteiger partial charge is 0.191 e. The lowest BCUT2D eigenvalue weighted by Gasteiger charge is -2.61. The molecular formula is C17H33N3O2S. The molecule has 23 heavy (non-hydrogen) atoms. The summed E-state index contributed by atoms with van der Waals surface area (Å²) in [6, 6.07) is 0.451. The fourth-order valence-electron chi connectivity index (χ4n) is 3.57. The maximum Gasteiger partial charge on any atom is 0.191 e. The van der Waals surface area contributed by atoms with Crippen LogP contribution in [0.5, 0.6) is 0 Å². The van der Waals surface area contributed by atoms with E-state index in [0.29, 0.717) is 29.9 Å². The molecule has 5 nitrogen and oxygen atoms in total. The monoisotopic (exact) mass is 343 g/mol. The van der Waals surface area contributed by atoms with Gasteiger partial charge >= 0.3 is 0 Å². The van der Waals surface area contributed by atoms with Crippen molar-refractivity contribution in [3.05, 3.63) is 0 Å². The molecule has 2 N–H and O–H groups in total. The Labute approximate surface area is 143 Å². The van der Waals surface area contributed by atoms with Crippen molar-refractivity contribution in [3.8, 4) is 0 Å². The largest absolute Gasteiger partial charge is 0.378 e. The molecule has 3 atom stereocenters.